The van der Waals surface area contributed by atoms with E-state index in [1.54, 1.807) is 43.7 Å². The molecule has 12 nitrogen and oxygen atoms in total. The Morgan fingerprint density at radius 3 is 2.34 bits per heavy atom. The van der Waals surface area contributed by atoms with Crippen LogP contribution in [0.25, 0.3) is 33.9 Å². The highest BCUT2D eigenvalue weighted by Crippen LogP contribution is 2.32. The molecule has 0 bridgehead atoms. The topological polar surface area (TPSA) is 142 Å². The molecule has 12 heteroatoms. The van der Waals surface area contributed by atoms with Crippen LogP contribution in [0, 0.1) is 0 Å². The fourth-order valence-corrected chi connectivity index (χ4v) is 5.40. The second-order valence-electron chi connectivity index (χ2n) is 11.5. The number of nitrogens with one attached hydrogen (secondary N) is 2. The van der Waals surface area contributed by atoms with Crippen LogP contribution in [0.15, 0.2) is 91.7 Å². The maximum atomic E-state index is 12.6. The van der Waals surface area contributed by atoms with Gasteiger partial charge in [-0.3, -0.25) is 4.90 Å². The summed E-state index contributed by atoms with van der Waals surface area (Å²) in [5.41, 5.74) is 5.09. The summed E-state index contributed by atoms with van der Waals surface area (Å²) < 4.78 is 10.7. The van der Waals surface area contributed by atoms with Gasteiger partial charge >= 0.3 is 12.2 Å². The first-order chi connectivity index (χ1) is 22.8. The number of likely N-dealkylation sites (tertiary alicyclic amines) is 1. The van der Waals surface area contributed by atoms with Gasteiger partial charge in [-0.05, 0) is 37.8 Å². The average molecular weight is 633 g/mol. The third-order valence-electron chi connectivity index (χ3n) is 8.14. The summed E-state index contributed by atoms with van der Waals surface area (Å²) in [6, 6.07) is 16.9. The third kappa shape index (κ3) is 7.06. The molecule has 2 aromatic carbocycles. The Balaban J connectivity index is 1.07. The Kier molecular flexibility index (Phi) is 9.09. The molecule has 4 heterocycles. The van der Waals surface area contributed by atoms with E-state index in [-0.39, 0.29) is 18.7 Å². The Morgan fingerprint density at radius 2 is 1.62 bits per heavy atom. The van der Waals surface area contributed by atoms with Gasteiger partial charge in [-0.2, -0.15) is 0 Å². The number of aromatic nitrogens is 6. The van der Waals surface area contributed by atoms with E-state index in [1.165, 1.54) is 4.90 Å². The smallest absolute Gasteiger partial charge is 0.415 e. The summed E-state index contributed by atoms with van der Waals surface area (Å²) in [6.45, 7) is 8.01. The number of nitrogens with zero attached hydrogens (tertiary/aromatic N) is 6. The summed E-state index contributed by atoms with van der Waals surface area (Å²) in [5, 5.41) is 0. The molecule has 1 fully saturated rings. The normalized spacial score (nSPS) is 14.9. The molecule has 0 unspecified atom stereocenters. The zero-order chi connectivity index (χ0) is 32.9. The molecule has 0 aliphatic carbocycles. The van der Waals surface area contributed by atoms with Crippen molar-refractivity contribution in [2.45, 2.75) is 45.4 Å². The number of H-pyrrole nitrogens is 2. The van der Waals surface area contributed by atoms with Gasteiger partial charge in [-0.15, -0.1) is 0 Å². The Morgan fingerprint density at radius 1 is 0.936 bits per heavy atom. The fraction of sp³-hybridized carbons (Fsp3) is 0.257. The number of aromatic amines is 2. The minimum Gasteiger partial charge on any atom is -0.445 e. The summed E-state index contributed by atoms with van der Waals surface area (Å²) in [5.74, 6) is 2.29. The molecule has 0 saturated carbocycles. The minimum atomic E-state index is -0.427. The minimum absolute atomic E-state index is 0.189. The van der Waals surface area contributed by atoms with Gasteiger partial charge in [-0.1, -0.05) is 61.2 Å². The number of imidazole rings is 2. The van der Waals surface area contributed by atoms with Gasteiger partial charge in [0.15, 0.2) is 5.82 Å². The molecular formula is C35H36N8O4. The second kappa shape index (κ2) is 13.7. The lowest BCUT2D eigenvalue weighted by molar-refractivity contribution is 0.0923. The van der Waals surface area contributed by atoms with E-state index in [1.807, 2.05) is 61.5 Å². The molecule has 1 aliphatic rings. The molecule has 240 valence electrons. The van der Waals surface area contributed by atoms with Crippen molar-refractivity contribution < 1.29 is 19.1 Å². The van der Waals surface area contributed by atoms with Crippen LogP contribution >= 0.6 is 0 Å². The first-order valence-electron chi connectivity index (χ1n) is 15.4. The van der Waals surface area contributed by atoms with Crippen LogP contribution in [0.5, 0.6) is 0 Å². The average Bonchev–Trinajstić information content (AvgIpc) is 3.88. The molecule has 0 radical (unpaired) electrons. The summed E-state index contributed by atoms with van der Waals surface area (Å²) >= 11 is 0. The SMILES string of the molecule is C=C(C)OC(=O)N1CCC[C@H]1c1ncc(-c2cnc(-c3ccc(-c4cnc([C@H](C)N(C)C(=O)OCc5ccccc5)[nH]4)cc3)nc2)[nH]1. The Hall–Kier alpha value is -5.78. The van der Waals surface area contributed by atoms with Crippen LogP contribution < -0.4 is 0 Å². The maximum Gasteiger partial charge on any atom is 0.415 e. The molecule has 2 amide bonds. The van der Waals surface area contributed by atoms with Gasteiger partial charge in [-0.25, -0.2) is 29.5 Å². The van der Waals surface area contributed by atoms with Crippen LogP contribution in [0.1, 0.15) is 56.0 Å². The molecule has 2 atom stereocenters. The molecule has 1 saturated heterocycles. The number of allylic oxidation sites excluding steroid dienone is 1. The summed E-state index contributed by atoms with van der Waals surface area (Å²) in [6.07, 6.45) is 7.80. The predicted molar refractivity (Wildman–Crippen MR) is 175 cm³/mol. The molecule has 3 aromatic heterocycles. The maximum absolute atomic E-state index is 12.6. The van der Waals surface area contributed by atoms with Crippen molar-refractivity contribution in [3.05, 3.63) is 109 Å². The van der Waals surface area contributed by atoms with Crippen molar-refractivity contribution in [1.82, 2.24) is 39.7 Å². The number of amides is 2. The highest BCUT2D eigenvalue weighted by molar-refractivity contribution is 5.70. The Labute approximate surface area is 272 Å². The highest BCUT2D eigenvalue weighted by Gasteiger charge is 2.33. The van der Waals surface area contributed by atoms with Crippen molar-refractivity contribution in [2.75, 3.05) is 13.6 Å². The van der Waals surface area contributed by atoms with Gasteiger partial charge < -0.3 is 24.3 Å². The summed E-state index contributed by atoms with van der Waals surface area (Å²) in [4.78, 5) is 53.2. The molecule has 47 heavy (non-hydrogen) atoms. The van der Waals surface area contributed by atoms with E-state index >= 15 is 0 Å². The van der Waals surface area contributed by atoms with E-state index < -0.39 is 12.2 Å². The van der Waals surface area contributed by atoms with Crippen LogP contribution in [-0.2, 0) is 16.1 Å². The standard InChI is InChI=1S/C35H36N8O4/c1-22(2)47-35(45)43-16-8-11-30(43)33-39-20-29(41-33)27-17-36-32(37-18-27)26-14-12-25(13-15-26)28-19-38-31(40-28)23(3)42(4)34(44)46-21-24-9-6-5-7-10-24/h5-7,9-10,12-15,17-20,23,30H,1,8,11,16,21H2,2-4H3,(H,38,40)(H,39,41)/t23-,30-/m0/s1. The lowest BCUT2D eigenvalue weighted by Gasteiger charge is -2.22. The zero-order valence-electron chi connectivity index (χ0n) is 26.5. The number of ether oxygens (including phenoxy) is 2. The zero-order valence-corrected chi connectivity index (χ0v) is 26.5. The molecule has 5 aromatic rings. The predicted octanol–water partition coefficient (Wildman–Crippen LogP) is 7.06. The van der Waals surface area contributed by atoms with E-state index in [4.69, 9.17) is 9.47 Å². The van der Waals surface area contributed by atoms with Gasteiger partial charge in [0, 0.05) is 37.1 Å². The second-order valence-corrected chi connectivity index (χ2v) is 11.5. The molecule has 0 spiro atoms. The number of benzene rings is 2. The van der Waals surface area contributed by atoms with Crippen LogP contribution in [-0.4, -0.2) is 65.5 Å². The molecule has 6 rings (SSSR count). The summed E-state index contributed by atoms with van der Waals surface area (Å²) in [7, 11) is 1.69. The first kappa shape index (κ1) is 31.2. The van der Waals surface area contributed by atoms with Crippen molar-refractivity contribution in [2.24, 2.45) is 0 Å². The van der Waals surface area contributed by atoms with Crippen LogP contribution in [0.2, 0.25) is 0 Å². The molecule has 2 N–H and O–H groups in total. The third-order valence-corrected chi connectivity index (χ3v) is 8.14. The first-order valence-corrected chi connectivity index (χ1v) is 15.4. The molecule has 1 aliphatic heterocycles. The number of hydrogen-bond acceptors (Lipinski definition) is 8. The fourth-order valence-electron chi connectivity index (χ4n) is 5.40. The Bertz CT molecular complexity index is 1850. The van der Waals surface area contributed by atoms with E-state index in [2.05, 4.69) is 36.5 Å². The number of carbonyl (C=O) groups is 2. The number of hydrogen-bond donors (Lipinski definition) is 2. The van der Waals surface area contributed by atoms with Crippen molar-refractivity contribution in [3.63, 3.8) is 0 Å². The molecular weight excluding hydrogens is 596 g/mol. The quantitative estimate of drug-likeness (QED) is 0.165. The van der Waals surface area contributed by atoms with Gasteiger partial charge in [0.05, 0.1) is 41.6 Å². The van der Waals surface area contributed by atoms with Crippen LogP contribution in [0.4, 0.5) is 9.59 Å². The monoisotopic (exact) mass is 632 g/mol. The van der Waals surface area contributed by atoms with E-state index in [0.29, 0.717) is 29.8 Å². The van der Waals surface area contributed by atoms with Gasteiger partial charge in [0.2, 0.25) is 0 Å². The van der Waals surface area contributed by atoms with E-state index in [0.717, 1.165) is 46.5 Å². The van der Waals surface area contributed by atoms with Crippen molar-refractivity contribution >= 4 is 12.2 Å². The van der Waals surface area contributed by atoms with Crippen molar-refractivity contribution in [1.29, 1.82) is 0 Å². The van der Waals surface area contributed by atoms with Gasteiger partial charge in [0.25, 0.3) is 0 Å². The lowest BCUT2D eigenvalue weighted by atomic mass is 10.1. The van der Waals surface area contributed by atoms with Crippen LogP contribution in [0.3, 0.4) is 0 Å². The van der Waals surface area contributed by atoms with E-state index in [9.17, 15) is 9.59 Å². The lowest BCUT2D eigenvalue weighted by Crippen LogP contribution is -2.31. The number of carbonyl (C=O) groups excluding carboxylic acids is 2. The van der Waals surface area contributed by atoms with Gasteiger partial charge in [0.1, 0.15) is 18.3 Å². The largest absolute Gasteiger partial charge is 0.445 e. The van der Waals surface area contributed by atoms with Crippen molar-refractivity contribution in [3.8, 4) is 33.9 Å². The number of rotatable bonds is 9. The highest BCUT2D eigenvalue weighted by atomic mass is 16.6.